The number of ether oxygens (including phenoxy) is 4. The number of aliphatic hydroxyl groups excluding tert-OH is 2. The number of amides is 2. The van der Waals surface area contributed by atoms with Crippen LogP contribution in [0, 0.1) is 27.9 Å². The van der Waals surface area contributed by atoms with Gasteiger partial charge in [0.05, 0.1) is 29.8 Å². The third-order valence-corrected chi connectivity index (χ3v) is 14.7. The summed E-state index contributed by atoms with van der Waals surface area (Å²) < 4.78 is 26.5. The Morgan fingerprint density at radius 3 is 2.32 bits per heavy atom. The van der Waals surface area contributed by atoms with E-state index in [2.05, 4.69) is 24.9 Å². The van der Waals surface area contributed by atoms with E-state index in [4.69, 9.17) is 28.9 Å². The van der Waals surface area contributed by atoms with Crippen LogP contribution in [0.4, 0.5) is 10.5 Å². The number of oxime groups is 1. The topological polar surface area (TPSA) is 192 Å². The van der Waals surface area contributed by atoms with Crippen LogP contribution in [0.2, 0.25) is 0 Å². The van der Waals surface area contributed by atoms with Crippen molar-refractivity contribution >= 4 is 29.5 Å². The van der Waals surface area contributed by atoms with Crippen LogP contribution in [0.25, 0.3) is 6.08 Å². The van der Waals surface area contributed by atoms with E-state index in [1.54, 1.807) is 35.3 Å². The summed E-state index contributed by atoms with van der Waals surface area (Å²) in [5.41, 5.74) is 2.96. The number of nitro groups is 1. The van der Waals surface area contributed by atoms with Gasteiger partial charge in [-0.15, -0.1) is 6.58 Å². The molecule has 7 atom stereocenters. The minimum absolute atomic E-state index is 0.00849. The van der Waals surface area contributed by atoms with Gasteiger partial charge in [0.15, 0.2) is 0 Å². The molecule has 1 saturated heterocycles. The van der Waals surface area contributed by atoms with Crippen LogP contribution >= 0.6 is 0 Å². The van der Waals surface area contributed by atoms with Gasteiger partial charge in [-0.05, 0) is 111 Å². The number of carbonyl (C=O) groups is 2. The second-order valence-electron chi connectivity index (χ2n) is 19.9. The number of benzene rings is 2. The molecule has 1 saturated carbocycles. The van der Waals surface area contributed by atoms with Gasteiger partial charge in [0, 0.05) is 68.8 Å². The summed E-state index contributed by atoms with van der Waals surface area (Å²) in [6.07, 6.45) is 25.8. The molecule has 2 aromatic rings. The summed E-state index contributed by atoms with van der Waals surface area (Å²) in [5, 5.41) is 39.3. The highest BCUT2D eigenvalue weighted by atomic mass is 16.8. The van der Waals surface area contributed by atoms with Crippen LogP contribution in [0.3, 0.4) is 0 Å². The summed E-state index contributed by atoms with van der Waals surface area (Å²) >= 11 is 0. The lowest BCUT2D eigenvalue weighted by atomic mass is 9.55. The van der Waals surface area contributed by atoms with Crippen molar-refractivity contribution in [2.75, 3.05) is 39.5 Å². The van der Waals surface area contributed by atoms with Gasteiger partial charge in [-0.25, -0.2) is 4.79 Å². The molecule has 2 aliphatic carbocycles. The third kappa shape index (κ3) is 15.2. The fraction of sp³-hybridized carbons (Fsp3) is 0.632. The first-order valence-electron chi connectivity index (χ1n) is 27.2. The van der Waals surface area contributed by atoms with Crippen molar-refractivity contribution in [1.29, 1.82) is 0 Å². The molecule has 15 nitrogen and oxygen atoms in total. The maximum Gasteiger partial charge on any atom is 0.412 e. The Balaban J connectivity index is 1.40. The van der Waals surface area contributed by atoms with Crippen LogP contribution in [-0.4, -0.2) is 95.4 Å². The SMILES string of the molecule is C=CCO[C@@]12Oc3ccc(OC(=O)NCCCCCCCCCCCC)cc3[C@H]3[C@H](CCCCO)[C@@H](CCCCO)C=C(C(=NOC4CCCCO4)C[C@@H]1N(CCC)C(=O)C=Cc1ccc([N+](=O)[O-])cc1)[C@H]32. The Kier molecular flexibility index (Phi) is 23.1. The number of nitrogens with zero attached hydrogens (tertiary/aromatic N) is 3. The molecule has 3 N–H and O–H groups in total. The molecule has 4 aliphatic rings. The number of carbonyl (C=O) groups excluding carboxylic acids is 2. The molecule has 2 aliphatic heterocycles. The van der Waals surface area contributed by atoms with E-state index in [1.807, 2.05) is 19.1 Å². The normalized spacial score (nSPS) is 23.9. The molecule has 72 heavy (non-hydrogen) atoms. The average Bonchev–Trinajstić information content (AvgIpc) is 3.39. The second-order valence-corrected chi connectivity index (χ2v) is 19.9. The maximum atomic E-state index is 14.8. The van der Waals surface area contributed by atoms with Gasteiger partial charge in [-0.1, -0.05) is 102 Å². The molecule has 396 valence electrons. The molecule has 2 aromatic carbocycles. The first-order chi connectivity index (χ1) is 35.2. The van der Waals surface area contributed by atoms with Gasteiger partial charge < -0.3 is 44.2 Å². The smallest absolute Gasteiger partial charge is 0.412 e. The Morgan fingerprint density at radius 2 is 1.65 bits per heavy atom. The largest absolute Gasteiger partial charge is 0.459 e. The highest BCUT2D eigenvalue weighted by Crippen LogP contribution is 2.62. The third-order valence-electron chi connectivity index (χ3n) is 14.7. The number of fused-ring (bicyclic) bond motifs is 2. The standard InChI is InChI=1S/C57H82N4O11/c1-4-7-8-9-10-11-12-13-14-18-33-58-56(65)70-45-30-31-50-48(40-45)54-46(23-16-20-36-63)43(22-15-19-35-62)39-47-49(59-72-53-24-17-21-38-68-53)41-51(57(71-50,55(47)54)69-37-6-3)60(34-5-2)52(64)32-27-42-25-28-44(29-26-42)61(66)67/h6,25-32,39-40,43,46,51,53-55,62-63H,3-5,7-24,33-38,41H2,1-2H3,(H,58,65)/t43-,46+,51-,53?,54+,55+,57+/m0/s1. The van der Waals surface area contributed by atoms with E-state index in [0.717, 1.165) is 68.9 Å². The zero-order valence-corrected chi connectivity index (χ0v) is 43.0. The fourth-order valence-electron chi connectivity index (χ4n) is 11.2. The second kappa shape index (κ2) is 29.6. The molecule has 6 rings (SSSR count). The average molecular weight is 999 g/mol. The minimum atomic E-state index is -1.48. The van der Waals surface area contributed by atoms with Gasteiger partial charge in [0.25, 0.3) is 5.69 Å². The molecule has 15 heteroatoms. The van der Waals surface area contributed by atoms with Crippen molar-refractivity contribution in [3.63, 3.8) is 0 Å². The van der Waals surface area contributed by atoms with Gasteiger partial charge >= 0.3 is 6.09 Å². The fourth-order valence-corrected chi connectivity index (χ4v) is 11.2. The highest BCUT2D eigenvalue weighted by molar-refractivity contribution is 6.03. The predicted octanol–water partition coefficient (Wildman–Crippen LogP) is 11.7. The molecular weight excluding hydrogens is 917 g/mol. The number of nitrogens with one attached hydrogen (secondary N) is 1. The zero-order chi connectivity index (χ0) is 51.1. The van der Waals surface area contributed by atoms with Crippen LogP contribution < -0.4 is 14.8 Å². The van der Waals surface area contributed by atoms with Crippen molar-refractivity contribution in [2.24, 2.45) is 22.9 Å². The van der Waals surface area contributed by atoms with E-state index in [-0.39, 0.29) is 55.6 Å². The van der Waals surface area contributed by atoms with E-state index in [9.17, 15) is 29.9 Å². The first kappa shape index (κ1) is 56.2. The Labute approximate surface area is 427 Å². The van der Waals surface area contributed by atoms with Crippen molar-refractivity contribution in [3.8, 4) is 11.5 Å². The van der Waals surface area contributed by atoms with E-state index in [0.29, 0.717) is 68.2 Å². The lowest BCUT2D eigenvalue weighted by molar-refractivity contribution is -0.384. The van der Waals surface area contributed by atoms with Gasteiger partial charge in [-0.3, -0.25) is 14.9 Å². The Hall–Kier alpha value is -5.09. The summed E-state index contributed by atoms with van der Waals surface area (Å²) in [5.74, 6) is -1.76. The van der Waals surface area contributed by atoms with Crippen LogP contribution in [0.1, 0.15) is 166 Å². The van der Waals surface area contributed by atoms with Crippen LogP contribution in [0.5, 0.6) is 11.5 Å². The molecule has 2 fully saturated rings. The molecule has 0 bridgehead atoms. The number of unbranched alkanes of at least 4 members (excludes halogenated alkanes) is 11. The van der Waals surface area contributed by atoms with E-state index < -0.39 is 35.1 Å². The summed E-state index contributed by atoms with van der Waals surface area (Å²) in [4.78, 5) is 47.3. The summed E-state index contributed by atoms with van der Waals surface area (Å²) in [6.45, 7) is 9.93. The molecular formula is C57H82N4O11. The lowest BCUT2D eigenvalue weighted by Gasteiger charge is -2.60. The summed E-state index contributed by atoms with van der Waals surface area (Å²) in [7, 11) is 0. The van der Waals surface area contributed by atoms with Crippen LogP contribution in [0.15, 0.2) is 78.0 Å². The first-order valence-corrected chi connectivity index (χ1v) is 27.2. The van der Waals surface area contributed by atoms with Crippen molar-refractivity contribution in [1.82, 2.24) is 10.2 Å². The summed E-state index contributed by atoms with van der Waals surface area (Å²) in [6, 6.07) is 10.8. The number of non-ortho nitro benzene ring substituents is 1. The maximum absolute atomic E-state index is 14.8. The quantitative estimate of drug-likeness (QED) is 0.0214. The van der Waals surface area contributed by atoms with E-state index >= 15 is 0 Å². The van der Waals surface area contributed by atoms with Crippen molar-refractivity contribution < 1.29 is 48.5 Å². The molecule has 0 radical (unpaired) electrons. The van der Waals surface area contributed by atoms with E-state index in [1.165, 1.54) is 63.2 Å². The van der Waals surface area contributed by atoms with Gasteiger partial charge in [0.1, 0.15) is 17.5 Å². The zero-order valence-electron chi connectivity index (χ0n) is 43.0. The highest BCUT2D eigenvalue weighted by Gasteiger charge is 2.65. The number of allylic oxidation sites excluding steroid dienone is 1. The van der Waals surface area contributed by atoms with Crippen molar-refractivity contribution in [2.45, 2.75) is 173 Å². The molecule has 2 amide bonds. The van der Waals surface area contributed by atoms with Gasteiger partial charge in [0.2, 0.25) is 18.0 Å². The lowest BCUT2D eigenvalue weighted by Crippen LogP contribution is -2.70. The number of rotatable bonds is 31. The van der Waals surface area contributed by atoms with Gasteiger partial charge in [-0.2, -0.15) is 0 Å². The number of hydrogen-bond donors (Lipinski definition) is 3. The predicted molar refractivity (Wildman–Crippen MR) is 280 cm³/mol. The molecule has 1 unspecified atom stereocenters. The number of aliphatic hydroxyl groups is 2. The number of nitro benzene ring substituents is 1. The Bertz CT molecular complexity index is 2120. The van der Waals surface area contributed by atoms with Crippen molar-refractivity contribution in [3.05, 3.63) is 94.1 Å². The molecule has 0 spiro atoms. The van der Waals surface area contributed by atoms with Crippen LogP contribution in [-0.2, 0) is 19.1 Å². The number of hydrogen-bond acceptors (Lipinski definition) is 12. The Morgan fingerprint density at radius 1 is 0.931 bits per heavy atom. The molecule has 0 aromatic heterocycles. The molecule has 2 heterocycles. The monoisotopic (exact) mass is 999 g/mol. The minimum Gasteiger partial charge on any atom is -0.459 e.